The Hall–Kier alpha value is -4.53. The first-order valence-corrected chi connectivity index (χ1v) is 12.0. The second kappa shape index (κ2) is 16.3. The molecule has 4 unspecified atom stereocenters. The molecule has 39 heavy (non-hydrogen) atoms. The maximum atomic E-state index is 13.0. The summed E-state index contributed by atoms with van der Waals surface area (Å²) in [5.74, 6) is -6.85. The van der Waals surface area contributed by atoms with Gasteiger partial charge in [-0.05, 0) is 24.8 Å². The number of nitrogens with one attached hydrogen (secondary N) is 3. The largest absolute Gasteiger partial charge is 0.481 e. The highest BCUT2D eigenvalue weighted by Crippen LogP contribution is 2.07. The minimum atomic E-state index is -1.43. The van der Waals surface area contributed by atoms with Crippen molar-refractivity contribution >= 4 is 41.5 Å². The summed E-state index contributed by atoms with van der Waals surface area (Å²) in [6.07, 6.45) is -1.95. The van der Waals surface area contributed by atoms with E-state index in [1.807, 2.05) is 0 Å². The number of carboxylic acid groups (broad SMARTS) is 2. The van der Waals surface area contributed by atoms with Gasteiger partial charge in [-0.1, -0.05) is 30.3 Å². The van der Waals surface area contributed by atoms with Crippen molar-refractivity contribution in [3.05, 3.63) is 35.9 Å². The predicted molar refractivity (Wildman–Crippen MR) is 135 cm³/mol. The van der Waals surface area contributed by atoms with E-state index in [2.05, 4.69) is 16.0 Å². The molecule has 5 amide bonds. The second-order valence-electron chi connectivity index (χ2n) is 8.76. The maximum absolute atomic E-state index is 13.0. The Bertz CT molecular complexity index is 1050. The van der Waals surface area contributed by atoms with Gasteiger partial charge in [0.05, 0.1) is 6.04 Å². The molecule has 0 aliphatic rings. The first-order valence-electron chi connectivity index (χ1n) is 12.0. The molecule has 0 aromatic heterocycles. The van der Waals surface area contributed by atoms with Crippen LogP contribution in [0.25, 0.3) is 0 Å². The molecule has 0 aliphatic carbocycles. The second-order valence-corrected chi connectivity index (χ2v) is 8.76. The van der Waals surface area contributed by atoms with E-state index in [1.54, 1.807) is 30.3 Å². The molecule has 0 heterocycles. The van der Waals surface area contributed by atoms with Crippen molar-refractivity contribution in [2.45, 2.75) is 69.1 Å². The molecular formula is C24H34N6O9. The number of hydrogen-bond acceptors (Lipinski definition) is 8. The van der Waals surface area contributed by atoms with Crippen LogP contribution in [0.2, 0.25) is 0 Å². The van der Waals surface area contributed by atoms with Crippen LogP contribution in [0.5, 0.6) is 0 Å². The minimum absolute atomic E-state index is 0.0656. The molecule has 1 aromatic carbocycles. The van der Waals surface area contributed by atoms with Gasteiger partial charge in [0.1, 0.15) is 18.1 Å². The molecule has 214 valence electrons. The zero-order valence-electron chi connectivity index (χ0n) is 21.1. The van der Waals surface area contributed by atoms with E-state index in [0.717, 1.165) is 0 Å². The highest BCUT2D eigenvalue weighted by molar-refractivity contribution is 5.94. The third-order valence-electron chi connectivity index (χ3n) is 5.53. The van der Waals surface area contributed by atoms with Crippen LogP contribution in [0.4, 0.5) is 0 Å². The van der Waals surface area contributed by atoms with Crippen molar-refractivity contribution in [3.8, 4) is 0 Å². The standard InChI is InChI=1S/C24H34N6O9/c25-14(6-11-20(33)34)21(35)28-15(7-9-18(26)31)22(36)29-16(8-10-19(27)32)23(37)30-17(24(38)39)12-13-4-2-1-3-5-13/h1-5,14-17H,6-12,25H2,(H2,26,31)(H2,27,32)(H,28,35)(H,29,36)(H,30,37)(H,33,34)(H,38,39). The van der Waals surface area contributed by atoms with Gasteiger partial charge >= 0.3 is 11.9 Å². The van der Waals surface area contributed by atoms with Gasteiger partial charge in [-0.2, -0.15) is 0 Å². The maximum Gasteiger partial charge on any atom is 0.326 e. The molecule has 4 atom stereocenters. The van der Waals surface area contributed by atoms with Crippen molar-refractivity contribution in [1.82, 2.24) is 16.0 Å². The number of carboxylic acids is 2. The van der Waals surface area contributed by atoms with Gasteiger partial charge in [0.2, 0.25) is 29.5 Å². The Balaban J connectivity index is 3.05. The Morgan fingerprint density at radius 3 is 1.56 bits per heavy atom. The summed E-state index contributed by atoms with van der Waals surface area (Å²) in [7, 11) is 0. The Kier molecular flexibility index (Phi) is 13.6. The number of nitrogens with two attached hydrogens (primary N) is 3. The summed E-state index contributed by atoms with van der Waals surface area (Å²) in [6.45, 7) is 0. The third kappa shape index (κ3) is 13.0. The van der Waals surface area contributed by atoms with Crippen LogP contribution in [-0.4, -0.2) is 75.9 Å². The van der Waals surface area contributed by atoms with Crippen LogP contribution in [0.3, 0.4) is 0 Å². The van der Waals surface area contributed by atoms with Gasteiger partial charge in [0, 0.05) is 25.7 Å². The molecule has 0 saturated carbocycles. The van der Waals surface area contributed by atoms with Crippen molar-refractivity contribution < 1.29 is 43.8 Å². The molecule has 1 rings (SSSR count). The van der Waals surface area contributed by atoms with Gasteiger partial charge in [-0.15, -0.1) is 0 Å². The Morgan fingerprint density at radius 2 is 1.13 bits per heavy atom. The first kappa shape index (κ1) is 32.5. The van der Waals surface area contributed by atoms with Crippen molar-refractivity contribution in [2.24, 2.45) is 17.2 Å². The summed E-state index contributed by atoms with van der Waals surface area (Å²) in [5, 5.41) is 25.3. The number of primary amides is 2. The van der Waals surface area contributed by atoms with Gasteiger partial charge in [-0.3, -0.25) is 28.8 Å². The molecule has 1 aromatic rings. The summed E-state index contributed by atoms with van der Waals surface area (Å²) in [6, 6.07) is 2.96. The molecule has 15 heteroatoms. The van der Waals surface area contributed by atoms with Gasteiger partial charge in [-0.25, -0.2) is 4.79 Å². The van der Waals surface area contributed by atoms with E-state index in [0.29, 0.717) is 5.56 Å². The highest BCUT2D eigenvalue weighted by atomic mass is 16.4. The number of benzene rings is 1. The van der Waals surface area contributed by atoms with Crippen LogP contribution in [0.1, 0.15) is 44.1 Å². The Morgan fingerprint density at radius 1 is 0.667 bits per heavy atom. The molecular weight excluding hydrogens is 516 g/mol. The van der Waals surface area contributed by atoms with Crippen molar-refractivity contribution in [3.63, 3.8) is 0 Å². The highest BCUT2D eigenvalue weighted by Gasteiger charge is 2.31. The van der Waals surface area contributed by atoms with Gasteiger partial charge in [0.25, 0.3) is 0 Å². The number of amides is 5. The molecule has 0 spiro atoms. The third-order valence-corrected chi connectivity index (χ3v) is 5.53. The van der Waals surface area contributed by atoms with Gasteiger partial charge < -0.3 is 43.4 Å². The molecule has 0 radical (unpaired) electrons. The molecule has 0 aliphatic heterocycles. The predicted octanol–water partition coefficient (Wildman–Crippen LogP) is -2.51. The van der Waals surface area contributed by atoms with Crippen LogP contribution in [0, 0.1) is 0 Å². The van der Waals surface area contributed by atoms with E-state index in [1.165, 1.54) is 0 Å². The van der Waals surface area contributed by atoms with Crippen LogP contribution in [-0.2, 0) is 40.0 Å². The average Bonchev–Trinajstić information content (AvgIpc) is 2.86. The summed E-state index contributed by atoms with van der Waals surface area (Å²) >= 11 is 0. The van der Waals surface area contributed by atoms with Crippen LogP contribution in [0.15, 0.2) is 30.3 Å². The number of aliphatic carboxylic acids is 2. The lowest BCUT2D eigenvalue weighted by molar-refractivity contribution is -0.142. The SMILES string of the molecule is NC(=O)CCC(NC(=O)C(N)CCC(=O)O)C(=O)NC(CCC(N)=O)C(=O)NC(Cc1ccccc1)C(=O)O. The normalized spacial score (nSPS) is 13.7. The number of hydrogen-bond donors (Lipinski definition) is 8. The van der Waals surface area contributed by atoms with Crippen LogP contribution < -0.4 is 33.2 Å². The number of carbonyl (C=O) groups is 7. The first-order chi connectivity index (χ1) is 18.3. The van der Waals surface area contributed by atoms with E-state index < -0.39 is 72.1 Å². The average molecular weight is 551 g/mol. The fourth-order valence-electron chi connectivity index (χ4n) is 3.39. The molecule has 0 fully saturated rings. The molecule has 0 bridgehead atoms. The fourth-order valence-corrected chi connectivity index (χ4v) is 3.39. The quantitative estimate of drug-likeness (QED) is 0.0950. The summed E-state index contributed by atoms with van der Waals surface area (Å²) < 4.78 is 0. The Labute approximate surface area is 223 Å². The smallest absolute Gasteiger partial charge is 0.326 e. The van der Waals surface area contributed by atoms with E-state index in [4.69, 9.17) is 22.3 Å². The van der Waals surface area contributed by atoms with E-state index >= 15 is 0 Å². The van der Waals surface area contributed by atoms with Crippen molar-refractivity contribution in [2.75, 3.05) is 0 Å². The minimum Gasteiger partial charge on any atom is -0.481 e. The van der Waals surface area contributed by atoms with Gasteiger partial charge in [0.15, 0.2) is 0 Å². The zero-order chi connectivity index (χ0) is 29.5. The molecule has 0 saturated heterocycles. The monoisotopic (exact) mass is 550 g/mol. The zero-order valence-corrected chi connectivity index (χ0v) is 21.1. The van der Waals surface area contributed by atoms with E-state index in [-0.39, 0.29) is 38.5 Å². The molecule has 11 N–H and O–H groups in total. The number of carbonyl (C=O) groups excluding carboxylic acids is 5. The summed E-state index contributed by atoms with van der Waals surface area (Å²) in [4.78, 5) is 83.6. The van der Waals surface area contributed by atoms with Crippen LogP contribution >= 0.6 is 0 Å². The number of rotatable bonds is 18. The van der Waals surface area contributed by atoms with E-state index in [9.17, 15) is 38.7 Å². The van der Waals surface area contributed by atoms with Crippen molar-refractivity contribution in [1.29, 1.82) is 0 Å². The molecule has 15 nitrogen and oxygen atoms in total. The lowest BCUT2D eigenvalue weighted by Crippen LogP contribution is -2.57. The topological polar surface area (TPSA) is 274 Å². The summed E-state index contributed by atoms with van der Waals surface area (Å²) in [5.41, 5.74) is 16.6. The lowest BCUT2D eigenvalue weighted by Gasteiger charge is -2.25. The lowest BCUT2D eigenvalue weighted by atomic mass is 10.0. The fraction of sp³-hybridized carbons (Fsp3) is 0.458.